The van der Waals surface area contributed by atoms with Gasteiger partial charge in [-0.1, -0.05) is 0 Å². The van der Waals surface area contributed by atoms with E-state index in [2.05, 4.69) is 60.9 Å². The van der Waals surface area contributed by atoms with Crippen LogP contribution in [0.5, 0.6) is 0 Å². The Morgan fingerprint density at radius 3 is 1.74 bits per heavy atom. The zero-order valence-electron chi connectivity index (χ0n) is 19.7. The average Bonchev–Trinajstić information content (AvgIpc) is 2.73. The molecule has 0 aromatic carbocycles. The Kier molecular flexibility index (Phi) is 7.07. The van der Waals surface area contributed by atoms with Crippen LogP contribution in [-0.4, -0.2) is 69.2 Å². The Morgan fingerprint density at radius 2 is 1.10 bits per heavy atom. The molecule has 3 rings (SSSR count). The van der Waals surface area contributed by atoms with Crippen molar-refractivity contribution in [2.24, 2.45) is 0 Å². The van der Waals surface area contributed by atoms with Crippen molar-refractivity contribution < 1.29 is 0 Å². The van der Waals surface area contributed by atoms with Crippen molar-refractivity contribution >= 4 is 17.1 Å². The van der Waals surface area contributed by atoms with Crippen molar-refractivity contribution in [2.45, 2.75) is 13.1 Å². The fourth-order valence-corrected chi connectivity index (χ4v) is 3.32. The van der Waals surface area contributed by atoms with Crippen molar-refractivity contribution in [3.05, 3.63) is 60.2 Å². The zero-order chi connectivity index (χ0) is 22.5. The molecule has 0 saturated carbocycles. The monoisotopic (exact) mass is 419 g/mol. The third-order valence-electron chi connectivity index (χ3n) is 5.08. The summed E-state index contributed by atoms with van der Waals surface area (Å²) in [5, 5.41) is 0. The molecule has 0 atom stereocenters. The molecule has 0 amide bonds. The van der Waals surface area contributed by atoms with E-state index >= 15 is 0 Å². The molecule has 31 heavy (non-hydrogen) atoms. The highest BCUT2D eigenvalue weighted by atomic mass is 15.1. The van der Waals surface area contributed by atoms with Crippen LogP contribution in [0.15, 0.2) is 48.8 Å². The summed E-state index contributed by atoms with van der Waals surface area (Å²) >= 11 is 0. The topological polar surface area (TPSA) is 51.6 Å². The van der Waals surface area contributed by atoms with Gasteiger partial charge in [0.25, 0.3) is 0 Å². The fraction of sp³-hybridized carbons (Fsp3) is 0.375. The lowest BCUT2D eigenvalue weighted by atomic mass is 10.1. The number of nitrogens with zero attached hydrogens (tertiary/aromatic N) is 7. The molecular formula is C24H33N7. The first-order chi connectivity index (χ1) is 14.7. The lowest BCUT2D eigenvalue weighted by molar-refractivity contribution is 0.311. The van der Waals surface area contributed by atoms with E-state index in [1.54, 1.807) is 0 Å². The van der Waals surface area contributed by atoms with Gasteiger partial charge in [0.2, 0.25) is 0 Å². The number of hydrogen-bond donors (Lipinski definition) is 0. The third kappa shape index (κ3) is 5.92. The maximum Gasteiger partial charge on any atom is 0.0911 e. The molecular weight excluding hydrogens is 386 g/mol. The lowest BCUT2D eigenvalue weighted by Gasteiger charge is -2.20. The van der Waals surface area contributed by atoms with Crippen molar-refractivity contribution in [1.82, 2.24) is 19.9 Å². The van der Waals surface area contributed by atoms with Crippen molar-refractivity contribution in [3.63, 3.8) is 0 Å². The van der Waals surface area contributed by atoms with Crippen LogP contribution >= 0.6 is 0 Å². The largest absolute Gasteiger partial charge is 0.378 e. The molecule has 3 aromatic heterocycles. The zero-order valence-corrected chi connectivity index (χ0v) is 19.7. The van der Waals surface area contributed by atoms with Gasteiger partial charge in [0.15, 0.2) is 0 Å². The molecule has 7 nitrogen and oxygen atoms in total. The van der Waals surface area contributed by atoms with Gasteiger partial charge in [-0.3, -0.25) is 14.9 Å². The SMILES string of the molecule is CN(Cc1cc(N(C)C)ccn1)Cc1cc(N(C)C)cc(-c2cc(N(C)C)ccn2)n1. The second-order valence-electron chi connectivity index (χ2n) is 8.46. The van der Waals surface area contributed by atoms with Gasteiger partial charge < -0.3 is 14.7 Å². The minimum Gasteiger partial charge on any atom is -0.378 e. The number of aromatic nitrogens is 3. The van der Waals surface area contributed by atoms with Crippen LogP contribution in [0.25, 0.3) is 11.4 Å². The summed E-state index contributed by atoms with van der Waals surface area (Å²) in [6, 6.07) is 12.5. The van der Waals surface area contributed by atoms with Crippen LogP contribution in [0.2, 0.25) is 0 Å². The first-order valence-electron chi connectivity index (χ1n) is 10.4. The fourth-order valence-electron chi connectivity index (χ4n) is 3.32. The van der Waals surface area contributed by atoms with Crippen LogP contribution in [0, 0.1) is 0 Å². The Morgan fingerprint density at radius 1 is 0.581 bits per heavy atom. The lowest BCUT2D eigenvalue weighted by Crippen LogP contribution is -2.20. The molecule has 0 aliphatic rings. The third-order valence-corrected chi connectivity index (χ3v) is 5.08. The Labute approximate surface area is 186 Å². The molecule has 0 fully saturated rings. The maximum atomic E-state index is 4.94. The van der Waals surface area contributed by atoms with Crippen molar-refractivity contribution in [1.29, 1.82) is 0 Å². The summed E-state index contributed by atoms with van der Waals surface area (Å²) in [5.74, 6) is 0. The van der Waals surface area contributed by atoms with E-state index in [9.17, 15) is 0 Å². The quantitative estimate of drug-likeness (QED) is 0.555. The van der Waals surface area contributed by atoms with Crippen LogP contribution in [0.1, 0.15) is 11.4 Å². The molecule has 3 heterocycles. The predicted octanol–water partition coefficient (Wildman–Crippen LogP) is 3.37. The Balaban J connectivity index is 1.85. The molecule has 3 aromatic rings. The molecule has 0 aliphatic carbocycles. The summed E-state index contributed by atoms with van der Waals surface area (Å²) < 4.78 is 0. The van der Waals surface area contributed by atoms with Gasteiger partial charge in [0.1, 0.15) is 0 Å². The van der Waals surface area contributed by atoms with E-state index < -0.39 is 0 Å². The summed E-state index contributed by atoms with van der Waals surface area (Å²) in [6.07, 6.45) is 3.70. The highest BCUT2D eigenvalue weighted by Crippen LogP contribution is 2.25. The Hall–Kier alpha value is -3.19. The van der Waals surface area contributed by atoms with E-state index in [0.717, 1.165) is 52.9 Å². The molecule has 0 unspecified atom stereocenters. The summed E-state index contributed by atoms with van der Waals surface area (Å²) in [4.78, 5) is 22.5. The second kappa shape index (κ2) is 9.75. The molecule has 0 spiro atoms. The van der Waals surface area contributed by atoms with E-state index in [4.69, 9.17) is 4.98 Å². The number of pyridine rings is 3. The molecule has 0 bridgehead atoms. The molecule has 7 heteroatoms. The standard InChI is InChI=1S/C24H33N7/c1-28(2)20-8-10-25-18(12-20)16-31(7)17-19-13-22(30(5)6)15-24(27-19)23-14-21(29(3)4)9-11-26-23/h8-15H,16-17H2,1-7H3. The van der Waals surface area contributed by atoms with Crippen molar-refractivity contribution in [3.8, 4) is 11.4 Å². The summed E-state index contributed by atoms with van der Waals surface area (Å²) in [6.45, 7) is 1.47. The Bertz CT molecular complexity index is 1010. The minimum absolute atomic E-state index is 0.718. The smallest absolute Gasteiger partial charge is 0.0911 e. The highest BCUT2D eigenvalue weighted by Gasteiger charge is 2.12. The van der Waals surface area contributed by atoms with Crippen LogP contribution in [-0.2, 0) is 13.1 Å². The minimum atomic E-state index is 0.718. The van der Waals surface area contributed by atoms with Gasteiger partial charge in [-0.15, -0.1) is 0 Å². The van der Waals surface area contributed by atoms with Crippen molar-refractivity contribution in [2.75, 3.05) is 64.0 Å². The van der Waals surface area contributed by atoms with Gasteiger partial charge in [0, 0.05) is 84.8 Å². The van der Waals surface area contributed by atoms with Gasteiger partial charge in [-0.2, -0.15) is 0 Å². The molecule has 0 aliphatic heterocycles. The maximum absolute atomic E-state index is 4.94. The normalized spacial score (nSPS) is 11.0. The molecule has 164 valence electrons. The predicted molar refractivity (Wildman–Crippen MR) is 130 cm³/mol. The van der Waals surface area contributed by atoms with E-state index in [1.807, 2.05) is 66.8 Å². The summed E-state index contributed by atoms with van der Waals surface area (Å²) in [7, 11) is 14.3. The van der Waals surface area contributed by atoms with E-state index in [1.165, 1.54) is 0 Å². The number of hydrogen-bond acceptors (Lipinski definition) is 7. The van der Waals surface area contributed by atoms with E-state index in [0.29, 0.717) is 0 Å². The van der Waals surface area contributed by atoms with Crippen LogP contribution < -0.4 is 14.7 Å². The van der Waals surface area contributed by atoms with Gasteiger partial charge in [-0.05, 0) is 43.4 Å². The van der Waals surface area contributed by atoms with Gasteiger partial charge >= 0.3 is 0 Å². The van der Waals surface area contributed by atoms with Gasteiger partial charge in [0.05, 0.1) is 22.8 Å². The molecule has 0 N–H and O–H groups in total. The molecule has 0 saturated heterocycles. The molecule has 0 radical (unpaired) electrons. The first kappa shape index (κ1) is 22.5. The summed E-state index contributed by atoms with van der Waals surface area (Å²) in [5.41, 5.74) is 7.17. The average molecular weight is 420 g/mol. The first-order valence-corrected chi connectivity index (χ1v) is 10.4. The highest BCUT2D eigenvalue weighted by molar-refractivity contribution is 5.65. The van der Waals surface area contributed by atoms with Gasteiger partial charge in [-0.25, -0.2) is 4.98 Å². The van der Waals surface area contributed by atoms with E-state index in [-0.39, 0.29) is 0 Å². The van der Waals surface area contributed by atoms with Crippen LogP contribution in [0.4, 0.5) is 17.1 Å². The van der Waals surface area contributed by atoms with Crippen LogP contribution in [0.3, 0.4) is 0 Å². The number of rotatable bonds is 8. The second-order valence-corrected chi connectivity index (χ2v) is 8.46. The number of anilines is 3.